The minimum absolute atomic E-state index is 0.0283. The number of piperazine rings is 1. The minimum atomic E-state index is -0.805. The number of urea groups is 1. The monoisotopic (exact) mass is 556 g/mol. The smallest absolute Gasteiger partial charge is 0.334 e. The normalized spacial score (nSPS) is 19.2. The van der Waals surface area contributed by atoms with Gasteiger partial charge in [0.2, 0.25) is 11.8 Å². The highest BCUT2D eigenvalue weighted by atomic mass is 16.3. The molecular weight excluding hydrogens is 520 g/mol. The van der Waals surface area contributed by atoms with Crippen molar-refractivity contribution >= 4 is 23.5 Å². The first-order chi connectivity index (χ1) is 19.7. The number of amides is 4. The summed E-state index contributed by atoms with van der Waals surface area (Å²) in [6, 6.07) is 23.1. The average molecular weight is 557 g/mol. The molecule has 3 aromatic carbocycles. The number of benzene rings is 3. The molecule has 0 radical (unpaired) electrons. The summed E-state index contributed by atoms with van der Waals surface area (Å²) >= 11 is 0. The first-order valence-corrected chi connectivity index (χ1v) is 13.7. The number of nitrogens with zero attached hydrogens (tertiary/aromatic N) is 5. The van der Waals surface area contributed by atoms with Crippen LogP contribution in [0.2, 0.25) is 0 Å². The lowest BCUT2D eigenvalue weighted by molar-refractivity contribution is -0.187. The Bertz CT molecular complexity index is 1400. The Morgan fingerprint density at radius 1 is 0.951 bits per heavy atom. The zero-order valence-electron chi connectivity index (χ0n) is 23.6. The molecule has 0 aliphatic carbocycles. The number of anilines is 1. The quantitative estimate of drug-likeness (QED) is 0.464. The second-order valence-corrected chi connectivity index (χ2v) is 10.8. The van der Waals surface area contributed by atoms with Gasteiger partial charge in [0.15, 0.2) is 0 Å². The van der Waals surface area contributed by atoms with Crippen LogP contribution in [0, 0.1) is 0 Å². The molecule has 0 unspecified atom stereocenters. The largest absolute Gasteiger partial charge is 0.508 e. The third-order valence-electron chi connectivity index (χ3n) is 7.60. The number of hydrogen-bond donors (Lipinski definition) is 2. The van der Waals surface area contributed by atoms with Gasteiger partial charge in [-0.2, -0.15) is 0 Å². The first kappa shape index (κ1) is 28.0. The van der Waals surface area contributed by atoms with Gasteiger partial charge in [-0.1, -0.05) is 54.6 Å². The van der Waals surface area contributed by atoms with E-state index in [1.807, 2.05) is 73.6 Å². The molecule has 10 nitrogen and oxygen atoms in total. The van der Waals surface area contributed by atoms with Crippen LogP contribution in [0.5, 0.6) is 5.75 Å². The van der Waals surface area contributed by atoms with Gasteiger partial charge in [0.05, 0.1) is 13.1 Å². The Morgan fingerprint density at radius 3 is 2.37 bits per heavy atom. The second kappa shape index (κ2) is 11.9. The number of likely N-dealkylation sites (N-methyl/N-ethyl adjacent to an activating group) is 1. The van der Waals surface area contributed by atoms with Crippen LogP contribution in [0.1, 0.15) is 16.7 Å². The molecule has 214 valence electrons. The fraction of sp³-hybridized carbons (Fsp3) is 0.323. The summed E-state index contributed by atoms with van der Waals surface area (Å²) in [5.41, 5.74) is 3.74. The van der Waals surface area contributed by atoms with Gasteiger partial charge in [-0.15, -0.1) is 0 Å². The van der Waals surface area contributed by atoms with Gasteiger partial charge in [0, 0.05) is 46.3 Å². The molecule has 2 saturated heterocycles. The van der Waals surface area contributed by atoms with E-state index < -0.39 is 12.2 Å². The lowest BCUT2D eigenvalue weighted by Gasteiger charge is -2.54. The molecule has 2 aliphatic heterocycles. The summed E-state index contributed by atoms with van der Waals surface area (Å²) in [5, 5.41) is 15.9. The zero-order chi connectivity index (χ0) is 29.1. The van der Waals surface area contributed by atoms with E-state index in [0.29, 0.717) is 13.1 Å². The van der Waals surface area contributed by atoms with Crippen LogP contribution in [-0.2, 0) is 29.1 Å². The molecule has 5 rings (SSSR count). The van der Waals surface area contributed by atoms with Gasteiger partial charge in [-0.25, -0.2) is 14.8 Å². The number of hydrogen-bond acceptors (Lipinski definition) is 6. The second-order valence-electron chi connectivity index (χ2n) is 10.8. The standard InChI is InChI=1S/C31H36N6O4/c1-33(2)25-11-7-10-24(16-25)19-35-20-28-36(27(30(35)40)17-22-12-14-26(38)15-13-22)29(39)21-34(3)37(28)31(41)32-18-23-8-5-4-6-9-23/h4-16,27-28,38H,17-21H2,1-3H3,(H,32,41)/t27-,28-/m0/s1. The molecule has 10 heteroatoms. The Balaban J connectivity index is 1.46. The summed E-state index contributed by atoms with van der Waals surface area (Å²) in [5.74, 6) is -0.260. The summed E-state index contributed by atoms with van der Waals surface area (Å²) in [4.78, 5) is 46.4. The minimum Gasteiger partial charge on any atom is -0.508 e. The van der Waals surface area contributed by atoms with E-state index >= 15 is 0 Å². The number of carbonyl (C=O) groups is 3. The van der Waals surface area contributed by atoms with Crippen LogP contribution in [0.25, 0.3) is 0 Å². The van der Waals surface area contributed by atoms with Crippen molar-refractivity contribution in [2.45, 2.75) is 31.7 Å². The van der Waals surface area contributed by atoms with Crippen molar-refractivity contribution in [1.29, 1.82) is 0 Å². The third-order valence-corrected chi connectivity index (χ3v) is 7.60. The molecule has 2 fully saturated rings. The van der Waals surface area contributed by atoms with Crippen molar-refractivity contribution in [1.82, 2.24) is 25.1 Å². The van der Waals surface area contributed by atoms with E-state index in [-0.39, 0.29) is 43.1 Å². The molecule has 2 heterocycles. The Kier molecular flexibility index (Phi) is 8.11. The lowest BCUT2D eigenvalue weighted by atomic mass is 9.98. The van der Waals surface area contributed by atoms with E-state index in [2.05, 4.69) is 5.32 Å². The molecule has 0 saturated carbocycles. The van der Waals surface area contributed by atoms with Crippen molar-refractivity contribution in [3.63, 3.8) is 0 Å². The van der Waals surface area contributed by atoms with Gasteiger partial charge in [0.1, 0.15) is 18.0 Å². The van der Waals surface area contributed by atoms with Crippen molar-refractivity contribution in [3.05, 3.63) is 95.6 Å². The number of phenolic OH excluding ortho intramolecular Hbond substituents is 1. The molecule has 0 bridgehead atoms. The van der Waals surface area contributed by atoms with Crippen LogP contribution in [0.15, 0.2) is 78.9 Å². The maximum Gasteiger partial charge on any atom is 0.334 e. The number of hydrazine groups is 1. The molecule has 41 heavy (non-hydrogen) atoms. The van der Waals surface area contributed by atoms with E-state index in [1.165, 1.54) is 0 Å². The average Bonchev–Trinajstić information content (AvgIpc) is 2.95. The van der Waals surface area contributed by atoms with E-state index in [4.69, 9.17) is 0 Å². The molecule has 0 spiro atoms. The predicted octanol–water partition coefficient (Wildman–Crippen LogP) is 2.64. The fourth-order valence-corrected chi connectivity index (χ4v) is 5.51. The lowest BCUT2D eigenvalue weighted by Crippen LogP contribution is -2.76. The van der Waals surface area contributed by atoms with Crippen molar-refractivity contribution in [3.8, 4) is 5.75 Å². The highest BCUT2D eigenvalue weighted by molar-refractivity contribution is 5.91. The highest BCUT2D eigenvalue weighted by Gasteiger charge is 2.50. The number of rotatable bonds is 7. The maximum absolute atomic E-state index is 14.0. The van der Waals surface area contributed by atoms with Crippen molar-refractivity contribution in [2.75, 3.05) is 39.1 Å². The van der Waals surface area contributed by atoms with Crippen LogP contribution < -0.4 is 10.2 Å². The molecule has 3 aromatic rings. The van der Waals surface area contributed by atoms with Gasteiger partial charge in [-0.3, -0.25) is 9.59 Å². The number of nitrogens with one attached hydrogen (secondary N) is 1. The van der Waals surface area contributed by atoms with Gasteiger partial charge in [0.25, 0.3) is 0 Å². The number of fused-ring (bicyclic) bond motifs is 1. The molecule has 0 aromatic heterocycles. The summed E-state index contributed by atoms with van der Waals surface area (Å²) < 4.78 is 0. The van der Waals surface area contributed by atoms with E-state index in [1.54, 1.807) is 51.1 Å². The van der Waals surface area contributed by atoms with E-state index in [0.717, 1.165) is 22.4 Å². The van der Waals surface area contributed by atoms with Crippen LogP contribution in [0.3, 0.4) is 0 Å². The summed E-state index contributed by atoms with van der Waals surface area (Å²) in [6.07, 6.45) is -0.424. The Hall–Kier alpha value is -4.57. The van der Waals surface area contributed by atoms with Crippen molar-refractivity contribution in [2.24, 2.45) is 0 Å². The van der Waals surface area contributed by atoms with E-state index in [9.17, 15) is 19.5 Å². The zero-order valence-corrected chi connectivity index (χ0v) is 23.6. The molecule has 2 atom stereocenters. The van der Waals surface area contributed by atoms with Crippen molar-refractivity contribution < 1.29 is 19.5 Å². The maximum atomic E-state index is 14.0. The topological polar surface area (TPSA) is 99.7 Å². The van der Waals surface area contributed by atoms with Crippen LogP contribution >= 0.6 is 0 Å². The molecule has 2 aliphatic rings. The molecular formula is C31H36N6O4. The van der Waals surface area contributed by atoms with Gasteiger partial charge in [-0.05, 0) is 41.0 Å². The Morgan fingerprint density at radius 2 is 1.66 bits per heavy atom. The number of carbonyl (C=O) groups excluding carboxylic acids is 3. The molecule has 4 amide bonds. The van der Waals surface area contributed by atoms with Gasteiger partial charge >= 0.3 is 6.03 Å². The number of phenols is 1. The number of aromatic hydroxyl groups is 1. The first-order valence-electron chi connectivity index (χ1n) is 13.7. The highest BCUT2D eigenvalue weighted by Crippen LogP contribution is 2.29. The van der Waals surface area contributed by atoms with Crippen LogP contribution in [-0.4, -0.2) is 89.2 Å². The molecule has 2 N–H and O–H groups in total. The fourth-order valence-electron chi connectivity index (χ4n) is 5.51. The third kappa shape index (κ3) is 6.12. The SMILES string of the molecule is CN(C)c1cccc(CN2C[C@H]3N(C(=O)CN(C)N3C(=O)NCc3ccccc3)[C@@H](Cc3ccc(O)cc3)C2=O)c1. The predicted molar refractivity (Wildman–Crippen MR) is 156 cm³/mol. The van der Waals surface area contributed by atoms with Gasteiger partial charge < -0.3 is 25.1 Å². The Labute approximate surface area is 240 Å². The summed E-state index contributed by atoms with van der Waals surface area (Å²) in [7, 11) is 5.64. The van der Waals surface area contributed by atoms with Crippen LogP contribution in [0.4, 0.5) is 10.5 Å². The summed E-state index contributed by atoms with van der Waals surface area (Å²) in [6.45, 7) is 0.821.